The number of carbonyl (C=O) groups is 1. The van der Waals surface area contributed by atoms with Crippen LogP contribution in [0.2, 0.25) is 5.02 Å². The van der Waals surface area contributed by atoms with Crippen LogP contribution in [0.1, 0.15) is 6.92 Å². The minimum absolute atomic E-state index is 0. The highest BCUT2D eigenvalue weighted by molar-refractivity contribution is 6.31. The molecule has 0 saturated carbocycles. The van der Waals surface area contributed by atoms with E-state index in [-0.39, 0.29) is 24.9 Å². The molecule has 0 spiro atoms. The third kappa shape index (κ3) is 3.37. The molecule has 1 heterocycles. The third-order valence-corrected chi connectivity index (χ3v) is 2.85. The van der Waals surface area contributed by atoms with E-state index in [1.807, 2.05) is 23.6 Å². The number of likely N-dealkylation sites (N-methyl/N-ethyl adjacent to an activating group) is 1. The summed E-state index contributed by atoms with van der Waals surface area (Å²) in [4.78, 5) is 16.0. The molecule has 104 valence electrons. The van der Waals surface area contributed by atoms with Crippen molar-refractivity contribution in [2.24, 2.45) is 0 Å². The fourth-order valence-corrected chi connectivity index (χ4v) is 2.01. The van der Waals surface area contributed by atoms with Gasteiger partial charge in [0.25, 0.3) is 0 Å². The molecule has 0 saturated heterocycles. The Kier molecular flexibility index (Phi) is 5.60. The maximum absolute atomic E-state index is 11.6. The van der Waals surface area contributed by atoms with E-state index in [1.165, 1.54) is 0 Å². The highest BCUT2D eigenvalue weighted by atomic mass is 35.5. The second-order valence-corrected chi connectivity index (χ2v) is 4.33. The first-order valence-corrected chi connectivity index (χ1v) is 6.13. The molecule has 0 atom stereocenters. The molecule has 0 bridgehead atoms. The molecule has 2 aromatic rings. The largest absolute Gasteiger partial charge is 0.311 e. The molecule has 2 rings (SSSR count). The Bertz CT molecular complexity index is 582. The lowest BCUT2D eigenvalue weighted by atomic mass is 10.3. The number of anilines is 1. The molecule has 2 N–H and O–H groups in total. The Morgan fingerprint density at radius 1 is 1.47 bits per heavy atom. The predicted molar refractivity (Wildman–Crippen MR) is 80.2 cm³/mol. The summed E-state index contributed by atoms with van der Waals surface area (Å²) >= 11 is 5.93. The first-order valence-electron chi connectivity index (χ1n) is 5.76. The van der Waals surface area contributed by atoms with Crippen molar-refractivity contribution in [3.8, 4) is 0 Å². The summed E-state index contributed by atoms with van der Waals surface area (Å²) in [6.07, 6.45) is 0. The molecule has 0 aliphatic rings. The molecule has 0 radical (unpaired) electrons. The van der Waals surface area contributed by atoms with Gasteiger partial charge in [0.1, 0.15) is 0 Å². The molecule has 1 amide bonds. The number of hydrogen-bond acceptors (Lipinski definition) is 3. The lowest BCUT2D eigenvalue weighted by Gasteiger charge is -2.07. The van der Waals surface area contributed by atoms with E-state index in [2.05, 4.69) is 15.6 Å². The zero-order valence-electron chi connectivity index (χ0n) is 10.7. The maximum Gasteiger partial charge on any atom is 0.240 e. The van der Waals surface area contributed by atoms with E-state index in [0.717, 1.165) is 17.6 Å². The second kappa shape index (κ2) is 6.75. The van der Waals surface area contributed by atoms with Gasteiger partial charge in [-0.1, -0.05) is 11.6 Å². The summed E-state index contributed by atoms with van der Waals surface area (Å²) in [5.74, 6) is 0.434. The second-order valence-electron chi connectivity index (χ2n) is 3.89. The topological polar surface area (TPSA) is 59.0 Å². The van der Waals surface area contributed by atoms with Crippen LogP contribution in [0, 0.1) is 0 Å². The van der Waals surface area contributed by atoms with Gasteiger partial charge in [-0.15, -0.1) is 12.4 Å². The van der Waals surface area contributed by atoms with Gasteiger partial charge in [0, 0.05) is 11.6 Å². The number of carbonyl (C=O) groups excluding carboxylic acids is 1. The number of nitrogens with zero attached hydrogens (tertiary/aromatic N) is 2. The fourth-order valence-electron chi connectivity index (χ4n) is 1.85. The van der Waals surface area contributed by atoms with Crippen molar-refractivity contribution < 1.29 is 4.79 Å². The van der Waals surface area contributed by atoms with E-state index in [9.17, 15) is 4.79 Å². The average molecular weight is 303 g/mol. The molecule has 0 aliphatic carbocycles. The van der Waals surface area contributed by atoms with Gasteiger partial charge in [0.2, 0.25) is 11.9 Å². The van der Waals surface area contributed by atoms with E-state index in [0.29, 0.717) is 11.0 Å². The van der Waals surface area contributed by atoms with Gasteiger partial charge in [0.15, 0.2) is 0 Å². The Labute approximate surface area is 122 Å². The van der Waals surface area contributed by atoms with Crippen LogP contribution in [0.3, 0.4) is 0 Å². The monoisotopic (exact) mass is 302 g/mol. The van der Waals surface area contributed by atoms with Crippen LogP contribution < -0.4 is 10.6 Å². The molecule has 1 aromatic carbocycles. The van der Waals surface area contributed by atoms with E-state index in [4.69, 9.17) is 11.6 Å². The highest BCUT2D eigenvalue weighted by Crippen LogP contribution is 2.22. The number of rotatable bonds is 4. The lowest BCUT2D eigenvalue weighted by Crippen LogP contribution is -2.26. The zero-order chi connectivity index (χ0) is 13.1. The van der Waals surface area contributed by atoms with Gasteiger partial charge < -0.3 is 9.88 Å². The van der Waals surface area contributed by atoms with Crippen LogP contribution >= 0.6 is 24.0 Å². The molecular weight excluding hydrogens is 287 g/mol. The fraction of sp³-hybridized carbons (Fsp3) is 0.333. The highest BCUT2D eigenvalue weighted by Gasteiger charge is 2.11. The molecule has 19 heavy (non-hydrogen) atoms. The first kappa shape index (κ1) is 15.8. The van der Waals surface area contributed by atoms with Crippen molar-refractivity contribution in [2.75, 3.05) is 18.9 Å². The Balaban J connectivity index is 0.00000180. The number of fused-ring (bicyclic) bond motifs is 1. The van der Waals surface area contributed by atoms with Crippen molar-refractivity contribution in [1.82, 2.24) is 14.9 Å². The van der Waals surface area contributed by atoms with Crippen LogP contribution in [-0.4, -0.2) is 29.1 Å². The number of benzene rings is 1. The van der Waals surface area contributed by atoms with Crippen LogP contribution in [0.15, 0.2) is 18.2 Å². The van der Waals surface area contributed by atoms with Crippen molar-refractivity contribution in [1.29, 1.82) is 0 Å². The Morgan fingerprint density at radius 2 is 2.21 bits per heavy atom. The van der Waals surface area contributed by atoms with Gasteiger partial charge in [0.05, 0.1) is 17.6 Å². The molecule has 0 aliphatic heterocycles. The summed E-state index contributed by atoms with van der Waals surface area (Å²) in [6, 6.07) is 5.51. The minimum atomic E-state index is -0.117. The SMILES string of the molecule is CCn1c(NC(=O)CNC)nc2cc(Cl)ccc21.Cl. The van der Waals surface area contributed by atoms with Crippen molar-refractivity contribution >= 4 is 46.9 Å². The molecule has 5 nitrogen and oxygen atoms in total. The van der Waals surface area contributed by atoms with E-state index in [1.54, 1.807) is 13.1 Å². The summed E-state index contributed by atoms with van der Waals surface area (Å²) in [6.45, 7) is 2.99. The Morgan fingerprint density at radius 3 is 2.84 bits per heavy atom. The van der Waals surface area contributed by atoms with E-state index >= 15 is 0 Å². The maximum atomic E-state index is 11.6. The average Bonchev–Trinajstić information content (AvgIpc) is 2.65. The van der Waals surface area contributed by atoms with Crippen molar-refractivity contribution in [3.05, 3.63) is 23.2 Å². The molecular formula is C12H16Cl2N4O. The van der Waals surface area contributed by atoms with Crippen LogP contribution in [0.4, 0.5) is 5.95 Å². The molecule has 1 aromatic heterocycles. The van der Waals surface area contributed by atoms with Crippen LogP contribution in [0.5, 0.6) is 0 Å². The summed E-state index contributed by atoms with van der Waals surface area (Å²) in [5.41, 5.74) is 1.74. The number of nitrogens with one attached hydrogen (secondary N) is 2. The van der Waals surface area contributed by atoms with Crippen LogP contribution in [0.25, 0.3) is 11.0 Å². The minimum Gasteiger partial charge on any atom is -0.311 e. The smallest absolute Gasteiger partial charge is 0.240 e. The van der Waals surface area contributed by atoms with Gasteiger partial charge in [-0.05, 0) is 32.2 Å². The number of hydrogen-bond donors (Lipinski definition) is 2. The van der Waals surface area contributed by atoms with Gasteiger partial charge >= 0.3 is 0 Å². The summed E-state index contributed by atoms with van der Waals surface area (Å²) in [7, 11) is 1.72. The quantitative estimate of drug-likeness (QED) is 0.911. The molecule has 7 heteroatoms. The number of amides is 1. The third-order valence-electron chi connectivity index (χ3n) is 2.62. The Hall–Kier alpha value is -1.30. The number of aromatic nitrogens is 2. The normalized spacial score (nSPS) is 10.3. The van der Waals surface area contributed by atoms with E-state index < -0.39 is 0 Å². The van der Waals surface area contributed by atoms with Crippen molar-refractivity contribution in [3.63, 3.8) is 0 Å². The standard InChI is InChI=1S/C12H15ClN4O.ClH/c1-3-17-10-5-4-8(13)6-9(10)15-12(17)16-11(18)7-14-2;/h4-6,14H,3,7H2,1-2H3,(H,15,16,18);1H. The van der Waals surface area contributed by atoms with Gasteiger partial charge in [-0.25, -0.2) is 4.98 Å². The zero-order valence-corrected chi connectivity index (χ0v) is 12.3. The van der Waals surface area contributed by atoms with Gasteiger partial charge in [-0.3, -0.25) is 10.1 Å². The summed E-state index contributed by atoms with van der Waals surface area (Å²) < 4.78 is 1.94. The van der Waals surface area contributed by atoms with Gasteiger partial charge in [-0.2, -0.15) is 0 Å². The number of halogens is 2. The molecule has 0 unspecified atom stereocenters. The van der Waals surface area contributed by atoms with Crippen LogP contribution in [-0.2, 0) is 11.3 Å². The lowest BCUT2D eigenvalue weighted by molar-refractivity contribution is -0.115. The molecule has 0 fully saturated rings. The number of imidazole rings is 1. The first-order chi connectivity index (χ1) is 8.65. The van der Waals surface area contributed by atoms with Crippen molar-refractivity contribution in [2.45, 2.75) is 13.5 Å². The number of aryl methyl sites for hydroxylation is 1. The summed E-state index contributed by atoms with van der Waals surface area (Å²) in [5, 5.41) is 6.21. The predicted octanol–water partition coefficient (Wildman–Crippen LogP) is 2.29.